The lowest BCUT2D eigenvalue weighted by molar-refractivity contribution is -0.115. The van der Waals surface area contributed by atoms with Gasteiger partial charge in [0.2, 0.25) is 5.91 Å². The Bertz CT molecular complexity index is 1060. The predicted octanol–water partition coefficient (Wildman–Crippen LogP) is 3.68. The van der Waals surface area contributed by atoms with E-state index in [1.54, 1.807) is 29.8 Å². The molecule has 2 aromatic carbocycles. The van der Waals surface area contributed by atoms with Crippen LogP contribution in [0.2, 0.25) is 5.02 Å². The van der Waals surface area contributed by atoms with Gasteiger partial charge < -0.3 is 0 Å². The number of carbonyl (C=O) groups excluding carboxylic acids is 1. The molecule has 0 bridgehead atoms. The second kappa shape index (κ2) is 6.86. The molecule has 0 atom stereocenters. The highest BCUT2D eigenvalue weighted by atomic mass is 35.5. The number of carbonyl (C=O) groups is 1. The van der Waals surface area contributed by atoms with Crippen LogP contribution in [0.15, 0.2) is 62.2 Å². The minimum Gasteiger partial charge on any atom is -0.278 e. The fraction of sp³-hybridized carbons (Fsp3) is 0.118. The van der Waals surface area contributed by atoms with Crippen molar-refractivity contribution in [3.63, 3.8) is 0 Å². The number of rotatable bonds is 3. The standard InChI is InChI=1S/C17H13ClN4O2S2/c1-21-16(24)19-20-17(21)25-9-15(23)22-11-4-2-3-5-13(11)26-14-7-6-10(18)8-12(14)22/h2-8H,9H2,1H3,(H,19,24). The summed E-state index contributed by atoms with van der Waals surface area (Å²) >= 11 is 8.99. The highest BCUT2D eigenvalue weighted by molar-refractivity contribution is 8.00. The van der Waals surface area contributed by atoms with E-state index >= 15 is 0 Å². The second-order valence-electron chi connectivity index (χ2n) is 5.57. The number of halogens is 1. The molecule has 1 amide bonds. The summed E-state index contributed by atoms with van der Waals surface area (Å²) in [6.07, 6.45) is 0. The van der Waals surface area contributed by atoms with E-state index in [2.05, 4.69) is 10.2 Å². The number of aromatic amines is 1. The summed E-state index contributed by atoms with van der Waals surface area (Å²) in [5.41, 5.74) is 1.29. The number of thioether (sulfide) groups is 1. The van der Waals surface area contributed by atoms with Crippen molar-refractivity contribution < 1.29 is 4.79 Å². The summed E-state index contributed by atoms with van der Waals surface area (Å²) in [7, 11) is 1.61. The van der Waals surface area contributed by atoms with Gasteiger partial charge in [0.15, 0.2) is 5.16 Å². The van der Waals surface area contributed by atoms with E-state index in [4.69, 9.17) is 11.6 Å². The molecule has 0 saturated heterocycles. The number of aromatic nitrogens is 3. The summed E-state index contributed by atoms with van der Waals surface area (Å²) in [6, 6.07) is 13.3. The average molecular weight is 405 g/mol. The molecule has 0 fully saturated rings. The van der Waals surface area contributed by atoms with Crippen molar-refractivity contribution in [2.45, 2.75) is 14.9 Å². The third kappa shape index (κ3) is 3.04. The predicted molar refractivity (Wildman–Crippen MR) is 104 cm³/mol. The zero-order chi connectivity index (χ0) is 18.3. The van der Waals surface area contributed by atoms with Gasteiger partial charge >= 0.3 is 5.69 Å². The lowest BCUT2D eigenvalue weighted by atomic mass is 10.2. The second-order valence-corrected chi connectivity index (χ2v) is 8.03. The fourth-order valence-corrected chi connectivity index (χ4v) is 4.62. The first-order chi connectivity index (χ1) is 12.5. The number of para-hydroxylation sites is 1. The number of benzene rings is 2. The molecule has 6 nitrogen and oxygen atoms in total. The summed E-state index contributed by atoms with van der Waals surface area (Å²) in [5.74, 6) is 0.0324. The SMILES string of the molecule is Cn1c(SCC(=O)N2c3ccccc3Sc3ccc(Cl)cc32)n[nH]c1=O. The monoisotopic (exact) mass is 404 g/mol. The van der Waals surface area contributed by atoms with E-state index in [0.717, 1.165) is 21.2 Å². The molecule has 0 radical (unpaired) electrons. The van der Waals surface area contributed by atoms with Crippen LogP contribution in [0.3, 0.4) is 0 Å². The van der Waals surface area contributed by atoms with Crippen LogP contribution in [0.4, 0.5) is 11.4 Å². The fourth-order valence-electron chi connectivity index (χ4n) is 2.65. The molecule has 26 heavy (non-hydrogen) atoms. The Morgan fingerprint density at radius 2 is 2.00 bits per heavy atom. The van der Waals surface area contributed by atoms with Crippen molar-refractivity contribution in [1.29, 1.82) is 0 Å². The summed E-state index contributed by atoms with van der Waals surface area (Å²) in [4.78, 5) is 28.2. The van der Waals surface area contributed by atoms with Gasteiger partial charge in [0.05, 0.1) is 17.1 Å². The molecule has 132 valence electrons. The lowest BCUT2D eigenvalue weighted by Crippen LogP contribution is -2.30. The van der Waals surface area contributed by atoms with E-state index in [0.29, 0.717) is 10.2 Å². The van der Waals surface area contributed by atoms with Crippen molar-refractivity contribution in [1.82, 2.24) is 14.8 Å². The first-order valence-electron chi connectivity index (χ1n) is 7.68. The molecule has 1 aliphatic heterocycles. The van der Waals surface area contributed by atoms with Crippen molar-refractivity contribution in [2.24, 2.45) is 7.05 Å². The van der Waals surface area contributed by atoms with Gasteiger partial charge in [0, 0.05) is 21.9 Å². The van der Waals surface area contributed by atoms with Crippen LogP contribution in [0, 0.1) is 0 Å². The van der Waals surface area contributed by atoms with Gasteiger partial charge in [-0.15, -0.1) is 5.10 Å². The van der Waals surface area contributed by atoms with E-state index < -0.39 is 0 Å². The first kappa shape index (κ1) is 17.3. The van der Waals surface area contributed by atoms with Crippen molar-refractivity contribution in [3.05, 3.63) is 58.0 Å². The van der Waals surface area contributed by atoms with Gasteiger partial charge in [-0.25, -0.2) is 9.89 Å². The van der Waals surface area contributed by atoms with Crippen LogP contribution in [0.25, 0.3) is 0 Å². The zero-order valence-corrected chi connectivity index (χ0v) is 16.0. The van der Waals surface area contributed by atoms with E-state index in [1.165, 1.54) is 16.3 Å². The number of H-pyrrole nitrogens is 1. The third-order valence-corrected chi connectivity index (χ3v) is 6.28. The van der Waals surface area contributed by atoms with Gasteiger partial charge in [-0.05, 0) is 30.3 Å². The minimum absolute atomic E-state index is 0.110. The number of nitrogens with one attached hydrogen (secondary N) is 1. The maximum atomic E-state index is 13.1. The molecule has 9 heteroatoms. The third-order valence-electron chi connectivity index (χ3n) is 3.90. The molecule has 2 heterocycles. The highest BCUT2D eigenvalue weighted by Gasteiger charge is 2.28. The Kier molecular flexibility index (Phi) is 4.56. The Labute approximate surface area is 162 Å². The van der Waals surface area contributed by atoms with Crippen LogP contribution >= 0.6 is 35.1 Å². The molecule has 1 aromatic heterocycles. The number of anilines is 2. The van der Waals surface area contributed by atoms with Crippen LogP contribution in [0.1, 0.15) is 0 Å². The molecule has 0 spiro atoms. The maximum Gasteiger partial charge on any atom is 0.343 e. The highest BCUT2D eigenvalue weighted by Crippen LogP contribution is 2.48. The zero-order valence-electron chi connectivity index (χ0n) is 13.6. The molecule has 0 saturated carbocycles. The molecular weight excluding hydrogens is 392 g/mol. The van der Waals surface area contributed by atoms with E-state index in [9.17, 15) is 9.59 Å². The molecule has 1 N–H and O–H groups in total. The molecule has 1 aliphatic rings. The van der Waals surface area contributed by atoms with Crippen LogP contribution in [-0.4, -0.2) is 26.4 Å². The van der Waals surface area contributed by atoms with Crippen LogP contribution < -0.4 is 10.6 Å². The molecule has 0 unspecified atom stereocenters. The lowest BCUT2D eigenvalue weighted by Gasteiger charge is -2.31. The number of fused-ring (bicyclic) bond motifs is 2. The normalized spacial score (nSPS) is 12.6. The smallest absolute Gasteiger partial charge is 0.278 e. The van der Waals surface area contributed by atoms with Gasteiger partial charge in [-0.1, -0.05) is 47.3 Å². The molecular formula is C17H13ClN4O2S2. The Hall–Kier alpha value is -2.16. The Morgan fingerprint density at radius 3 is 2.77 bits per heavy atom. The molecule has 0 aliphatic carbocycles. The largest absolute Gasteiger partial charge is 0.343 e. The molecule has 3 aromatic rings. The summed E-state index contributed by atoms with van der Waals surface area (Å²) < 4.78 is 1.38. The topological polar surface area (TPSA) is 71.0 Å². The van der Waals surface area contributed by atoms with E-state index in [1.807, 2.05) is 36.4 Å². The Morgan fingerprint density at radius 1 is 1.23 bits per heavy atom. The van der Waals surface area contributed by atoms with Crippen LogP contribution in [-0.2, 0) is 11.8 Å². The van der Waals surface area contributed by atoms with Crippen molar-refractivity contribution in [2.75, 3.05) is 10.7 Å². The van der Waals surface area contributed by atoms with Gasteiger partial charge in [-0.2, -0.15) is 0 Å². The first-order valence-corrected chi connectivity index (χ1v) is 9.86. The van der Waals surface area contributed by atoms with E-state index in [-0.39, 0.29) is 17.3 Å². The number of amides is 1. The van der Waals surface area contributed by atoms with Gasteiger partial charge in [0.1, 0.15) is 0 Å². The average Bonchev–Trinajstić information content (AvgIpc) is 2.96. The quantitative estimate of drug-likeness (QED) is 0.674. The van der Waals surface area contributed by atoms with Crippen molar-refractivity contribution in [3.8, 4) is 0 Å². The van der Waals surface area contributed by atoms with Gasteiger partial charge in [0.25, 0.3) is 0 Å². The number of nitrogens with zero attached hydrogens (tertiary/aromatic N) is 3. The van der Waals surface area contributed by atoms with Gasteiger partial charge in [-0.3, -0.25) is 14.3 Å². The molecule has 4 rings (SSSR count). The minimum atomic E-state index is -0.309. The number of hydrogen-bond acceptors (Lipinski definition) is 5. The summed E-state index contributed by atoms with van der Waals surface area (Å²) in [5, 5.41) is 7.34. The number of hydrogen-bond donors (Lipinski definition) is 1. The van der Waals surface area contributed by atoms with Crippen LogP contribution in [0.5, 0.6) is 0 Å². The maximum absolute atomic E-state index is 13.1. The van der Waals surface area contributed by atoms with Crippen molar-refractivity contribution >= 4 is 52.4 Å². The summed E-state index contributed by atoms with van der Waals surface area (Å²) in [6.45, 7) is 0. The Balaban J connectivity index is 1.68.